The van der Waals surface area contributed by atoms with Crippen molar-refractivity contribution in [1.82, 2.24) is 0 Å². The van der Waals surface area contributed by atoms with Gasteiger partial charge in [-0.05, 0) is 35.4 Å². The lowest BCUT2D eigenvalue weighted by atomic mass is 9.82. The third kappa shape index (κ3) is 3.34. The zero-order chi connectivity index (χ0) is 14.1. The highest BCUT2D eigenvalue weighted by atomic mass is 16.5. The average Bonchev–Trinajstić information content (AvgIpc) is 2.13. The molecule has 0 heterocycles. The lowest BCUT2D eigenvalue weighted by Gasteiger charge is -2.25. The maximum Gasteiger partial charge on any atom is 0.308 e. The number of carbonyl (C=O) groups is 1. The molecular formula is C16H24O2. The van der Waals surface area contributed by atoms with E-state index >= 15 is 0 Å². The van der Waals surface area contributed by atoms with E-state index < -0.39 is 0 Å². The standard InChI is InChI=1S/C16H24O2/c1-10(2)13-9-14(16(5,6)7)15(8-11(13)3)18-12(4)17/h8-10H,1-7H3. The summed E-state index contributed by atoms with van der Waals surface area (Å²) < 4.78 is 5.35. The van der Waals surface area contributed by atoms with Crippen LogP contribution < -0.4 is 4.74 Å². The number of hydrogen-bond donors (Lipinski definition) is 0. The monoisotopic (exact) mass is 248 g/mol. The molecule has 0 aliphatic rings. The summed E-state index contributed by atoms with van der Waals surface area (Å²) in [7, 11) is 0. The second kappa shape index (κ2) is 5.13. The Labute approximate surface area is 110 Å². The quantitative estimate of drug-likeness (QED) is 0.575. The fourth-order valence-electron chi connectivity index (χ4n) is 2.15. The smallest absolute Gasteiger partial charge is 0.308 e. The first-order valence-electron chi connectivity index (χ1n) is 6.46. The molecular weight excluding hydrogens is 224 g/mol. The summed E-state index contributed by atoms with van der Waals surface area (Å²) in [5.41, 5.74) is 3.54. The Morgan fingerprint density at radius 2 is 1.78 bits per heavy atom. The van der Waals surface area contributed by atoms with Gasteiger partial charge in [0, 0.05) is 12.5 Å². The van der Waals surface area contributed by atoms with Crippen LogP contribution in [0.3, 0.4) is 0 Å². The van der Waals surface area contributed by atoms with Crippen LogP contribution in [-0.2, 0) is 10.2 Å². The number of aryl methyl sites for hydroxylation is 1. The van der Waals surface area contributed by atoms with E-state index in [1.807, 2.05) is 6.07 Å². The highest BCUT2D eigenvalue weighted by Gasteiger charge is 2.22. The van der Waals surface area contributed by atoms with Crippen molar-refractivity contribution in [3.05, 3.63) is 28.8 Å². The SMILES string of the molecule is CC(=O)Oc1cc(C)c(C(C)C)cc1C(C)(C)C. The van der Waals surface area contributed by atoms with Crippen molar-refractivity contribution in [2.75, 3.05) is 0 Å². The van der Waals surface area contributed by atoms with Crippen LogP contribution in [0.25, 0.3) is 0 Å². The van der Waals surface area contributed by atoms with Gasteiger partial charge in [0.25, 0.3) is 0 Å². The third-order valence-electron chi connectivity index (χ3n) is 3.05. The molecule has 1 rings (SSSR count). The Balaban J connectivity index is 3.42. The molecule has 0 spiro atoms. The molecule has 0 fully saturated rings. The van der Waals surface area contributed by atoms with Crippen molar-refractivity contribution < 1.29 is 9.53 Å². The van der Waals surface area contributed by atoms with Gasteiger partial charge in [-0.15, -0.1) is 0 Å². The zero-order valence-electron chi connectivity index (χ0n) is 12.5. The van der Waals surface area contributed by atoms with Crippen LogP contribution in [0.15, 0.2) is 12.1 Å². The van der Waals surface area contributed by atoms with E-state index in [4.69, 9.17) is 4.74 Å². The minimum absolute atomic E-state index is 0.0396. The number of carbonyl (C=O) groups excluding carboxylic acids is 1. The van der Waals surface area contributed by atoms with Crippen molar-refractivity contribution in [1.29, 1.82) is 0 Å². The maximum absolute atomic E-state index is 11.2. The van der Waals surface area contributed by atoms with Crippen LogP contribution in [0.2, 0.25) is 0 Å². The fraction of sp³-hybridized carbons (Fsp3) is 0.562. The molecule has 0 saturated heterocycles. The molecule has 0 unspecified atom stereocenters. The molecule has 0 N–H and O–H groups in total. The van der Waals surface area contributed by atoms with Crippen LogP contribution in [-0.4, -0.2) is 5.97 Å². The van der Waals surface area contributed by atoms with Crippen molar-refractivity contribution in [2.45, 2.75) is 59.8 Å². The highest BCUT2D eigenvalue weighted by Crippen LogP contribution is 2.35. The summed E-state index contributed by atoms with van der Waals surface area (Å²) >= 11 is 0. The van der Waals surface area contributed by atoms with Crippen LogP contribution in [0.5, 0.6) is 5.75 Å². The van der Waals surface area contributed by atoms with Crippen LogP contribution in [0.1, 0.15) is 64.2 Å². The predicted molar refractivity (Wildman–Crippen MR) is 75.3 cm³/mol. The van der Waals surface area contributed by atoms with E-state index in [-0.39, 0.29) is 11.4 Å². The Morgan fingerprint density at radius 1 is 1.22 bits per heavy atom. The summed E-state index contributed by atoms with van der Waals surface area (Å²) in [6, 6.07) is 4.16. The molecule has 0 aliphatic heterocycles. The van der Waals surface area contributed by atoms with E-state index in [9.17, 15) is 4.79 Å². The number of hydrogen-bond acceptors (Lipinski definition) is 2. The number of benzene rings is 1. The van der Waals surface area contributed by atoms with E-state index in [1.54, 1.807) is 0 Å². The zero-order valence-corrected chi connectivity index (χ0v) is 12.5. The molecule has 0 atom stereocenters. The van der Waals surface area contributed by atoms with Gasteiger partial charge in [0.2, 0.25) is 0 Å². The van der Waals surface area contributed by atoms with Gasteiger partial charge in [-0.2, -0.15) is 0 Å². The van der Waals surface area contributed by atoms with Crippen molar-refractivity contribution in [3.63, 3.8) is 0 Å². The first kappa shape index (κ1) is 14.7. The summed E-state index contributed by atoms with van der Waals surface area (Å²) in [5.74, 6) is 0.895. The van der Waals surface area contributed by atoms with Crippen LogP contribution >= 0.6 is 0 Å². The summed E-state index contributed by atoms with van der Waals surface area (Å²) in [5, 5.41) is 0. The van der Waals surface area contributed by atoms with Crippen LogP contribution in [0, 0.1) is 6.92 Å². The van der Waals surface area contributed by atoms with Crippen LogP contribution in [0.4, 0.5) is 0 Å². The first-order chi connectivity index (χ1) is 8.12. The van der Waals surface area contributed by atoms with E-state index in [1.165, 1.54) is 18.1 Å². The van der Waals surface area contributed by atoms with Crippen molar-refractivity contribution in [2.24, 2.45) is 0 Å². The lowest BCUT2D eigenvalue weighted by molar-refractivity contribution is -0.131. The second-order valence-electron chi connectivity index (χ2n) is 6.20. The number of rotatable bonds is 2. The predicted octanol–water partition coefficient (Wildman–Crippen LogP) is 4.34. The van der Waals surface area contributed by atoms with E-state index in [0.717, 1.165) is 5.56 Å². The normalized spacial score (nSPS) is 11.8. The van der Waals surface area contributed by atoms with Gasteiger partial charge in [0.05, 0.1) is 0 Å². The van der Waals surface area contributed by atoms with Crippen molar-refractivity contribution in [3.8, 4) is 5.75 Å². The molecule has 0 amide bonds. The second-order valence-corrected chi connectivity index (χ2v) is 6.20. The number of ether oxygens (including phenoxy) is 1. The third-order valence-corrected chi connectivity index (χ3v) is 3.05. The molecule has 0 bridgehead atoms. The largest absolute Gasteiger partial charge is 0.426 e. The topological polar surface area (TPSA) is 26.3 Å². The highest BCUT2D eigenvalue weighted by molar-refractivity contribution is 5.70. The van der Waals surface area contributed by atoms with Gasteiger partial charge in [-0.3, -0.25) is 4.79 Å². The molecule has 100 valence electrons. The lowest BCUT2D eigenvalue weighted by Crippen LogP contribution is -2.16. The first-order valence-corrected chi connectivity index (χ1v) is 6.46. The fourth-order valence-corrected chi connectivity index (χ4v) is 2.15. The molecule has 2 nitrogen and oxygen atoms in total. The van der Waals surface area contributed by atoms with Gasteiger partial charge in [-0.25, -0.2) is 0 Å². The molecule has 1 aromatic rings. The molecule has 1 aromatic carbocycles. The van der Waals surface area contributed by atoms with Crippen molar-refractivity contribution >= 4 is 5.97 Å². The Kier molecular flexibility index (Phi) is 4.20. The van der Waals surface area contributed by atoms with E-state index in [2.05, 4.69) is 47.6 Å². The Morgan fingerprint density at radius 3 is 2.17 bits per heavy atom. The van der Waals surface area contributed by atoms with Gasteiger partial charge in [-0.1, -0.05) is 40.7 Å². The molecule has 0 saturated carbocycles. The Hall–Kier alpha value is -1.31. The summed E-state index contributed by atoms with van der Waals surface area (Å²) in [6.45, 7) is 14.3. The molecule has 2 heteroatoms. The molecule has 0 aromatic heterocycles. The van der Waals surface area contributed by atoms with Gasteiger partial charge < -0.3 is 4.74 Å². The minimum atomic E-state index is -0.266. The Bertz CT molecular complexity index is 451. The molecule has 0 radical (unpaired) electrons. The van der Waals surface area contributed by atoms with Gasteiger partial charge in [0.1, 0.15) is 5.75 Å². The molecule has 18 heavy (non-hydrogen) atoms. The summed E-state index contributed by atoms with van der Waals surface area (Å²) in [4.78, 5) is 11.2. The van der Waals surface area contributed by atoms with E-state index in [0.29, 0.717) is 11.7 Å². The minimum Gasteiger partial charge on any atom is -0.426 e. The maximum atomic E-state index is 11.2. The van der Waals surface area contributed by atoms with Gasteiger partial charge in [0.15, 0.2) is 0 Å². The molecule has 0 aliphatic carbocycles. The summed E-state index contributed by atoms with van der Waals surface area (Å²) in [6.07, 6.45) is 0. The number of esters is 1. The van der Waals surface area contributed by atoms with Gasteiger partial charge >= 0.3 is 5.97 Å². The average molecular weight is 248 g/mol.